The molecule has 0 spiro atoms. The van der Waals surface area contributed by atoms with Crippen LogP contribution in [0.4, 0.5) is 5.69 Å². The molecule has 21 heavy (non-hydrogen) atoms. The molecular formula is C15H23N3O3. The van der Waals surface area contributed by atoms with Gasteiger partial charge in [0.15, 0.2) is 0 Å². The maximum absolute atomic E-state index is 12.1. The fraction of sp³-hybridized carbons (Fsp3) is 0.533. The van der Waals surface area contributed by atoms with E-state index in [4.69, 9.17) is 15.2 Å². The van der Waals surface area contributed by atoms with Gasteiger partial charge >= 0.3 is 0 Å². The number of amides is 1. The van der Waals surface area contributed by atoms with Crippen LogP contribution in [-0.4, -0.2) is 63.9 Å². The van der Waals surface area contributed by atoms with Gasteiger partial charge in [-0.1, -0.05) is 12.1 Å². The zero-order valence-electron chi connectivity index (χ0n) is 12.6. The largest absolute Gasteiger partial charge is 0.495 e. The lowest BCUT2D eigenvalue weighted by molar-refractivity contribution is -0.134. The molecule has 1 fully saturated rings. The molecule has 1 unspecified atom stereocenters. The summed E-state index contributed by atoms with van der Waals surface area (Å²) in [6.07, 6.45) is 0. The zero-order valence-corrected chi connectivity index (χ0v) is 12.6. The lowest BCUT2D eigenvalue weighted by atomic mass is 10.2. The van der Waals surface area contributed by atoms with Crippen molar-refractivity contribution in [3.8, 4) is 5.75 Å². The van der Waals surface area contributed by atoms with Crippen LogP contribution in [0, 0.1) is 0 Å². The molecule has 1 atom stereocenters. The number of ether oxygens (including phenoxy) is 2. The van der Waals surface area contributed by atoms with Crippen molar-refractivity contribution in [3.05, 3.63) is 24.3 Å². The molecular weight excluding hydrogens is 270 g/mol. The van der Waals surface area contributed by atoms with E-state index in [-0.39, 0.29) is 12.5 Å². The van der Waals surface area contributed by atoms with Gasteiger partial charge in [-0.05, 0) is 12.1 Å². The van der Waals surface area contributed by atoms with Crippen molar-refractivity contribution in [1.82, 2.24) is 4.90 Å². The van der Waals surface area contributed by atoms with Gasteiger partial charge in [-0.15, -0.1) is 0 Å². The molecule has 2 rings (SSSR count). The van der Waals surface area contributed by atoms with Gasteiger partial charge in [0.05, 0.1) is 19.4 Å². The lowest BCUT2D eigenvalue weighted by Crippen LogP contribution is -2.54. The number of piperazine rings is 1. The van der Waals surface area contributed by atoms with Crippen LogP contribution in [-0.2, 0) is 9.53 Å². The van der Waals surface area contributed by atoms with Crippen LogP contribution in [0.1, 0.15) is 0 Å². The minimum Gasteiger partial charge on any atom is -0.495 e. The highest BCUT2D eigenvalue weighted by Crippen LogP contribution is 2.28. The molecule has 116 valence electrons. The second kappa shape index (κ2) is 7.28. The first-order valence-corrected chi connectivity index (χ1v) is 7.08. The fourth-order valence-electron chi connectivity index (χ4n) is 2.54. The first-order chi connectivity index (χ1) is 10.2. The van der Waals surface area contributed by atoms with Crippen molar-refractivity contribution in [2.45, 2.75) is 6.04 Å². The third-order valence-electron chi connectivity index (χ3n) is 3.68. The molecule has 0 radical (unpaired) electrons. The van der Waals surface area contributed by atoms with E-state index in [0.717, 1.165) is 24.5 Å². The van der Waals surface area contributed by atoms with Gasteiger partial charge in [-0.25, -0.2) is 0 Å². The van der Waals surface area contributed by atoms with E-state index in [9.17, 15) is 4.79 Å². The Kier molecular flexibility index (Phi) is 5.41. The van der Waals surface area contributed by atoms with E-state index in [2.05, 4.69) is 4.90 Å². The summed E-state index contributed by atoms with van der Waals surface area (Å²) in [6, 6.07) is 7.34. The average molecular weight is 293 g/mol. The summed E-state index contributed by atoms with van der Waals surface area (Å²) in [7, 11) is 3.22. The molecule has 1 aliphatic heterocycles. The van der Waals surface area contributed by atoms with Gasteiger partial charge in [0.1, 0.15) is 11.8 Å². The lowest BCUT2D eigenvalue weighted by Gasteiger charge is -2.37. The van der Waals surface area contributed by atoms with Crippen molar-refractivity contribution in [3.63, 3.8) is 0 Å². The number of hydrogen-bond donors (Lipinski definition) is 1. The standard InChI is InChI=1S/C15H23N3O3/c1-20-11-12(16)15(19)18-9-7-17(8-10-18)13-5-3-4-6-14(13)21-2/h3-6,12H,7-11,16H2,1-2H3. The third kappa shape index (κ3) is 3.65. The number of hydrogen-bond acceptors (Lipinski definition) is 5. The Hall–Kier alpha value is -1.79. The monoisotopic (exact) mass is 293 g/mol. The Morgan fingerprint density at radius 3 is 2.52 bits per heavy atom. The van der Waals surface area contributed by atoms with Crippen molar-refractivity contribution in [1.29, 1.82) is 0 Å². The highest BCUT2D eigenvalue weighted by molar-refractivity contribution is 5.82. The van der Waals surface area contributed by atoms with Crippen LogP contribution in [0.3, 0.4) is 0 Å². The van der Waals surface area contributed by atoms with Crippen LogP contribution in [0.5, 0.6) is 5.75 Å². The second-order valence-electron chi connectivity index (χ2n) is 5.05. The van der Waals surface area contributed by atoms with Crippen LogP contribution in [0.2, 0.25) is 0 Å². The minimum absolute atomic E-state index is 0.0449. The smallest absolute Gasteiger partial charge is 0.241 e. The van der Waals surface area contributed by atoms with E-state index < -0.39 is 6.04 Å². The molecule has 0 aromatic heterocycles. The minimum atomic E-state index is -0.576. The van der Waals surface area contributed by atoms with Gasteiger partial charge < -0.3 is 25.0 Å². The number of carbonyl (C=O) groups is 1. The van der Waals surface area contributed by atoms with Crippen LogP contribution in [0.25, 0.3) is 0 Å². The van der Waals surface area contributed by atoms with Gasteiger partial charge in [0.25, 0.3) is 0 Å². The molecule has 1 saturated heterocycles. The van der Waals surface area contributed by atoms with E-state index in [1.54, 1.807) is 19.1 Å². The van der Waals surface area contributed by atoms with Gasteiger partial charge in [-0.2, -0.15) is 0 Å². The number of nitrogens with zero attached hydrogens (tertiary/aromatic N) is 2. The zero-order chi connectivity index (χ0) is 15.2. The number of benzene rings is 1. The van der Waals surface area contributed by atoms with Crippen LogP contribution < -0.4 is 15.4 Å². The number of carbonyl (C=O) groups excluding carboxylic acids is 1. The maximum Gasteiger partial charge on any atom is 0.241 e. The molecule has 2 N–H and O–H groups in total. The molecule has 0 saturated carbocycles. The number of methoxy groups -OCH3 is 2. The summed E-state index contributed by atoms with van der Waals surface area (Å²) < 4.78 is 10.3. The summed E-state index contributed by atoms with van der Waals surface area (Å²) in [5.74, 6) is 0.810. The fourth-order valence-corrected chi connectivity index (χ4v) is 2.54. The molecule has 1 heterocycles. The summed E-state index contributed by atoms with van der Waals surface area (Å²) in [4.78, 5) is 16.2. The quantitative estimate of drug-likeness (QED) is 0.846. The molecule has 1 amide bonds. The molecule has 1 aromatic carbocycles. The van der Waals surface area contributed by atoms with Crippen LogP contribution >= 0.6 is 0 Å². The highest BCUT2D eigenvalue weighted by atomic mass is 16.5. The Bertz CT molecular complexity index is 473. The number of nitrogens with two attached hydrogens (primary N) is 1. The van der Waals surface area contributed by atoms with Gasteiger partial charge in [0.2, 0.25) is 5.91 Å². The van der Waals surface area contributed by atoms with Crippen molar-refractivity contribution >= 4 is 11.6 Å². The summed E-state index contributed by atoms with van der Waals surface area (Å²) in [5, 5.41) is 0. The predicted molar refractivity (Wildman–Crippen MR) is 81.6 cm³/mol. The number of rotatable bonds is 5. The first-order valence-electron chi connectivity index (χ1n) is 7.08. The SMILES string of the molecule is COCC(N)C(=O)N1CCN(c2ccccc2OC)CC1. The average Bonchev–Trinajstić information content (AvgIpc) is 2.54. The van der Waals surface area contributed by atoms with Crippen LogP contribution in [0.15, 0.2) is 24.3 Å². The van der Waals surface area contributed by atoms with Crippen molar-refractivity contribution in [2.75, 3.05) is 51.9 Å². The highest BCUT2D eigenvalue weighted by Gasteiger charge is 2.26. The Morgan fingerprint density at radius 2 is 1.90 bits per heavy atom. The normalized spacial score (nSPS) is 16.7. The summed E-state index contributed by atoms with van der Waals surface area (Å²) in [5.41, 5.74) is 6.86. The predicted octanol–water partition coefficient (Wildman–Crippen LogP) is 0.318. The number of anilines is 1. The van der Waals surface area contributed by atoms with E-state index in [1.807, 2.05) is 24.3 Å². The third-order valence-corrected chi connectivity index (χ3v) is 3.68. The molecule has 6 heteroatoms. The van der Waals surface area contributed by atoms with E-state index in [1.165, 1.54) is 0 Å². The Labute approximate surface area is 125 Å². The topological polar surface area (TPSA) is 68.0 Å². The second-order valence-corrected chi connectivity index (χ2v) is 5.05. The van der Waals surface area contributed by atoms with E-state index in [0.29, 0.717) is 13.1 Å². The van der Waals surface area contributed by atoms with Crippen molar-refractivity contribution in [2.24, 2.45) is 5.73 Å². The molecule has 1 aromatic rings. The summed E-state index contributed by atoms with van der Waals surface area (Å²) in [6.45, 7) is 3.12. The van der Waals surface area contributed by atoms with E-state index >= 15 is 0 Å². The maximum atomic E-state index is 12.1. The Balaban J connectivity index is 1.95. The Morgan fingerprint density at radius 1 is 1.24 bits per heavy atom. The summed E-state index contributed by atoms with van der Waals surface area (Å²) >= 11 is 0. The van der Waals surface area contributed by atoms with Gasteiger partial charge in [-0.3, -0.25) is 4.79 Å². The molecule has 1 aliphatic rings. The van der Waals surface area contributed by atoms with Crippen molar-refractivity contribution < 1.29 is 14.3 Å². The van der Waals surface area contributed by atoms with Gasteiger partial charge in [0, 0.05) is 33.3 Å². The number of para-hydroxylation sites is 2. The first kappa shape index (κ1) is 15.6. The molecule has 0 aliphatic carbocycles. The molecule has 6 nitrogen and oxygen atoms in total. The molecule has 0 bridgehead atoms.